The predicted molar refractivity (Wildman–Crippen MR) is 73.2 cm³/mol. The van der Waals surface area contributed by atoms with Crippen LogP contribution in [-0.2, 0) is 16.6 Å². The molecule has 0 aromatic carbocycles. The van der Waals surface area contributed by atoms with E-state index < -0.39 is 10.0 Å². The summed E-state index contributed by atoms with van der Waals surface area (Å²) in [6.07, 6.45) is 1.98. The van der Waals surface area contributed by atoms with Crippen LogP contribution >= 0.6 is 0 Å². The second kappa shape index (κ2) is 5.60. The number of hydrogen-bond donors (Lipinski definition) is 2. The molecule has 1 aromatic heterocycles. The first-order valence-corrected chi connectivity index (χ1v) is 8.13. The van der Waals surface area contributed by atoms with Crippen molar-refractivity contribution < 1.29 is 8.42 Å². The summed E-state index contributed by atoms with van der Waals surface area (Å²) in [6.45, 7) is 5.56. The number of aromatic amines is 1. The van der Waals surface area contributed by atoms with E-state index in [1.54, 1.807) is 18.3 Å². The van der Waals surface area contributed by atoms with Gasteiger partial charge in [-0.2, -0.15) is 9.40 Å². The molecule has 1 atom stereocenters. The van der Waals surface area contributed by atoms with Crippen LogP contribution in [0.15, 0.2) is 4.90 Å². The Hall–Kier alpha value is -0.920. The third-order valence-corrected chi connectivity index (χ3v) is 5.80. The first-order chi connectivity index (χ1) is 9.00. The molecule has 2 rings (SSSR count). The normalized spacial score (nSPS) is 21.1. The molecule has 0 amide bonds. The second-order valence-electron chi connectivity index (χ2n) is 5.08. The first-order valence-electron chi connectivity index (χ1n) is 6.69. The molecular formula is C12H22N4O2S. The Labute approximate surface area is 114 Å². The molecule has 2 heterocycles. The maximum Gasteiger partial charge on any atom is 0.246 e. The Morgan fingerprint density at radius 2 is 2.26 bits per heavy atom. The van der Waals surface area contributed by atoms with Crippen molar-refractivity contribution in [2.75, 3.05) is 20.1 Å². The number of aromatic nitrogens is 2. The monoisotopic (exact) mass is 286 g/mol. The van der Waals surface area contributed by atoms with E-state index in [1.807, 2.05) is 0 Å². The maximum absolute atomic E-state index is 12.7. The number of aryl methyl sites for hydroxylation is 1. The van der Waals surface area contributed by atoms with E-state index in [2.05, 4.69) is 22.4 Å². The summed E-state index contributed by atoms with van der Waals surface area (Å²) in [5.41, 5.74) is 1.19. The van der Waals surface area contributed by atoms with E-state index in [0.717, 1.165) is 12.8 Å². The van der Waals surface area contributed by atoms with Gasteiger partial charge in [0.2, 0.25) is 10.0 Å². The Kier molecular flexibility index (Phi) is 4.27. The van der Waals surface area contributed by atoms with Gasteiger partial charge in [0, 0.05) is 19.6 Å². The fourth-order valence-electron chi connectivity index (χ4n) is 2.58. The highest BCUT2D eigenvalue weighted by Crippen LogP contribution is 2.28. The first kappa shape index (κ1) is 14.5. The van der Waals surface area contributed by atoms with E-state index in [0.29, 0.717) is 41.8 Å². The second-order valence-corrected chi connectivity index (χ2v) is 6.96. The molecule has 0 saturated carbocycles. The smallest absolute Gasteiger partial charge is 0.246 e. The summed E-state index contributed by atoms with van der Waals surface area (Å²) in [4.78, 5) is 0.346. The van der Waals surface area contributed by atoms with Gasteiger partial charge in [-0.05, 0) is 26.3 Å². The van der Waals surface area contributed by atoms with Gasteiger partial charge >= 0.3 is 0 Å². The maximum atomic E-state index is 12.7. The minimum absolute atomic E-state index is 0.346. The van der Waals surface area contributed by atoms with Crippen molar-refractivity contribution in [3.8, 4) is 0 Å². The van der Waals surface area contributed by atoms with Gasteiger partial charge in [0.25, 0.3) is 0 Å². The standard InChI is InChI=1S/C12H22N4O2S/c1-4-10-5-6-16(8-10)19(17,18)12-9(2)14-15-11(12)7-13-3/h10,13H,4-8H2,1-3H3,(H,14,15). The third-order valence-electron chi connectivity index (χ3n) is 3.73. The van der Waals surface area contributed by atoms with Crippen LogP contribution in [0.1, 0.15) is 31.2 Å². The molecule has 1 aliphatic rings. The Morgan fingerprint density at radius 1 is 1.53 bits per heavy atom. The molecule has 19 heavy (non-hydrogen) atoms. The van der Waals surface area contributed by atoms with E-state index in [1.165, 1.54) is 0 Å². The lowest BCUT2D eigenvalue weighted by Gasteiger charge is -2.17. The zero-order valence-corrected chi connectivity index (χ0v) is 12.5. The molecule has 6 nitrogen and oxygen atoms in total. The van der Waals surface area contributed by atoms with E-state index in [9.17, 15) is 8.42 Å². The van der Waals surface area contributed by atoms with Crippen molar-refractivity contribution in [1.29, 1.82) is 0 Å². The van der Waals surface area contributed by atoms with Crippen LogP contribution in [-0.4, -0.2) is 43.1 Å². The number of nitrogens with zero attached hydrogens (tertiary/aromatic N) is 2. The Balaban J connectivity index is 2.32. The SMILES string of the molecule is CCC1CCN(S(=O)(=O)c2c(CNC)n[nH]c2C)C1. The number of hydrogen-bond acceptors (Lipinski definition) is 4. The van der Waals surface area contributed by atoms with Crippen LogP contribution in [0.2, 0.25) is 0 Å². The molecule has 1 unspecified atom stereocenters. The average molecular weight is 286 g/mol. The van der Waals surface area contributed by atoms with Crippen molar-refractivity contribution in [2.45, 2.75) is 38.1 Å². The van der Waals surface area contributed by atoms with Crippen LogP contribution < -0.4 is 5.32 Å². The fraction of sp³-hybridized carbons (Fsp3) is 0.750. The summed E-state index contributed by atoms with van der Waals surface area (Å²) in [5.74, 6) is 0.481. The summed E-state index contributed by atoms with van der Waals surface area (Å²) < 4.78 is 27.0. The highest BCUT2D eigenvalue weighted by molar-refractivity contribution is 7.89. The van der Waals surface area contributed by atoms with Crippen molar-refractivity contribution in [1.82, 2.24) is 19.8 Å². The lowest BCUT2D eigenvalue weighted by atomic mass is 10.1. The lowest BCUT2D eigenvalue weighted by Crippen LogP contribution is -2.30. The number of H-pyrrole nitrogens is 1. The van der Waals surface area contributed by atoms with Gasteiger partial charge in [0.15, 0.2) is 0 Å². The van der Waals surface area contributed by atoms with Crippen LogP contribution in [0.5, 0.6) is 0 Å². The highest BCUT2D eigenvalue weighted by Gasteiger charge is 2.35. The zero-order valence-electron chi connectivity index (χ0n) is 11.7. The lowest BCUT2D eigenvalue weighted by molar-refractivity contribution is 0.452. The van der Waals surface area contributed by atoms with Crippen LogP contribution in [0.25, 0.3) is 0 Å². The Morgan fingerprint density at radius 3 is 2.84 bits per heavy atom. The number of nitrogens with one attached hydrogen (secondary N) is 2. The molecule has 1 aromatic rings. The number of sulfonamides is 1. The van der Waals surface area contributed by atoms with Gasteiger partial charge in [-0.1, -0.05) is 13.3 Å². The van der Waals surface area contributed by atoms with Gasteiger partial charge in [0.05, 0.1) is 11.4 Å². The van der Waals surface area contributed by atoms with E-state index >= 15 is 0 Å². The summed E-state index contributed by atoms with van der Waals surface area (Å²) in [7, 11) is -1.64. The minimum Gasteiger partial charge on any atom is -0.314 e. The van der Waals surface area contributed by atoms with E-state index in [-0.39, 0.29) is 0 Å². The number of rotatable bonds is 5. The molecule has 1 saturated heterocycles. The highest BCUT2D eigenvalue weighted by atomic mass is 32.2. The fourth-order valence-corrected chi connectivity index (χ4v) is 4.44. The predicted octanol–water partition coefficient (Wildman–Crippen LogP) is 0.858. The van der Waals surface area contributed by atoms with Crippen molar-refractivity contribution in [2.24, 2.45) is 5.92 Å². The largest absolute Gasteiger partial charge is 0.314 e. The van der Waals surface area contributed by atoms with Crippen LogP contribution in [0, 0.1) is 12.8 Å². The van der Waals surface area contributed by atoms with E-state index in [4.69, 9.17) is 0 Å². The quantitative estimate of drug-likeness (QED) is 0.841. The third kappa shape index (κ3) is 2.68. The van der Waals surface area contributed by atoms with Crippen LogP contribution in [0.3, 0.4) is 0 Å². The minimum atomic E-state index is -3.42. The van der Waals surface area contributed by atoms with Gasteiger partial charge in [-0.25, -0.2) is 8.42 Å². The summed E-state index contributed by atoms with van der Waals surface area (Å²) in [5, 5.41) is 9.82. The van der Waals surface area contributed by atoms with Gasteiger partial charge < -0.3 is 5.32 Å². The molecule has 0 aliphatic carbocycles. The molecule has 1 fully saturated rings. The van der Waals surface area contributed by atoms with Crippen molar-refractivity contribution in [3.63, 3.8) is 0 Å². The van der Waals surface area contributed by atoms with Gasteiger partial charge in [-0.3, -0.25) is 5.10 Å². The molecule has 7 heteroatoms. The molecule has 0 bridgehead atoms. The van der Waals surface area contributed by atoms with Gasteiger partial charge in [0.1, 0.15) is 4.90 Å². The molecule has 2 N–H and O–H groups in total. The Bertz CT molecular complexity index is 538. The molecular weight excluding hydrogens is 264 g/mol. The average Bonchev–Trinajstić information content (AvgIpc) is 2.97. The zero-order chi connectivity index (χ0) is 14.0. The summed E-state index contributed by atoms with van der Waals surface area (Å²) in [6, 6.07) is 0. The summed E-state index contributed by atoms with van der Waals surface area (Å²) >= 11 is 0. The van der Waals surface area contributed by atoms with Gasteiger partial charge in [-0.15, -0.1) is 0 Å². The molecule has 0 radical (unpaired) electrons. The molecule has 1 aliphatic heterocycles. The topological polar surface area (TPSA) is 78.1 Å². The van der Waals surface area contributed by atoms with Crippen molar-refractivity contribution >= 4 is 10.0 Å². The molecule has 108 valence electrons. The van der Waals surface area contributed by atoms with Crippen LogP contribution in [0.4, 0.5) is 0 Å². The molecule has 0 spiro atoms. The van der Waals surface area contributed by atoms with Crippen molar-refractivity contribution in [3.05, 3.63) is 11.4 Å².